The third kappa shape index (κ3) is 3.14. The van der Waals surface area contributed by atoms with E-state index in [1.54, 1.807) is 0 Å². The first kappa shape index (κ1) is 18.5. The van der Waals surface area contributed by atoms with Gasteiger partial charge in [-0.15, -0.1) is 0 Å². The second kappa shape index (κ2) is 7.28. The smallest absolute Gasteiger partial charge is 0.191 e. The Morgan fingerprint density at radius 1 is 1.15 bits per heavy atom. The highest BCUT2D eigenvalue weighted by atomic mass is 16.5. The lowest BCUT2D eigenvalue weighted by molar-refractivity contribution is -0.107. The van der Waals surface area contributed by atoms with Gasteiger partial charge >= 0.3 is 0 Å². The van der Waals surface area contributed by atoms with Gasteiger partial charge in [-0.2, -0.15) is 0 Å². The fourth-order valence-electron chi connectivity index (χ4n) is 5.76. The molecule has 4 aliphatic rings. The number of likely N-dealkylation sites (tertiary alicyclic amines) is 1. The maximum Gasteiger partial charge on any atom is 0.191 e. The quantitative estimate of drug-likeness (QED) is 0.586. The van der Waals surface area contributed by atoms with E-state index in [1.165, 1.54) is 25.9 Å². The fraction of sp³-hybridized carbons (Fsp3) is 0.950. The topological polar surface area (TPSA) is 58.1 Å². The van der Waals surface area contributed by atoms with Crippen LogP contribution in [0.3, 0.4) is 0 Å². The monoisotopic (exact) mass is 364 g/mol. The highest BCUT2D eigenvalue weighted by molar-refractivity contribution is 5.80. The summed E-state index contributed by atoms with van der Waals surface area (Å²) in [5.74, 6) is 1.57. The third-order valence-electron chi connectivity index (χ3n) is 7.40. The average molecular weight is 365 g/mol. The van der Waals surface area contributed by atoms with Crippen molar-refractivity contribution in [3.63, 3.8) is 0 Å². The number of guanidine groups is 1. The predicted octanol–water partition coefficient (Wildman–Crippen LogP) is 1.61. The molecular weight excluding hydrogens is 328 g/mol. The Labute approximate surface area is 158 Å². The van der Waals surface area contributed by atoms with Gasteiger partial charge in [-0.25, -0.2) is 0 Å². The summed E-state index contributed by atoms with van der Waals surface area (Å²) in [7, 11) is 1.89. The number of rotatable bonds is 4. The standard InChI is InChI=1S/C20H36N4O2/c1-19(2)16(15-6-11-26-17(15)19)23-18(21-3)22-14-20(7-12-25-13-8-20)24-9-4-5-10-24/h15-17H,4-14H2,1-3H3,(H2,21,22,23). The molecule has 6 heteroatoms. The minimum atomic E-state index is 0.171. The lowest BCUT2D eigenvalue weighted by atomic mass is 9.57. The molecule has 1 saturated carbocycles. The van der Waals surface area contributed by atoms with Gasteiger partial charge in [-0.05, 0) is 45.2 Å². The molecule has 6 nitrogen and oxygen atoms in total. The molecule has 148 valence electrons. The van der Waals surface area contributed by atoms with Gasteiger partial charge in [0.15, 0.2) is 5.96 Å². The van der Waals surface area contributed by atoms with E-state index in [9.17, 15) is 0 Å². The number of ether oxygens (including phenoxy) is 2. The fourth-order valence-corrected chi connectivity index (χ4v) is 5.76. The summed E-state index contributed by atoms with van der Waals surface area (Å²) in [4.78, 5) is 7.23. The molecule has 4 fully saturated rings. The van der Waals surface area contributed by atoms with Gasteiger partial charge in [0.1, 0.15) is 0 Å². The highest BCUT2D eigenvalue weighted by Crippen LogP contribution is 2.52. The van der Waals surface area contributed by atoms with Crippen molar-refractivity contribution >= 4 is 5.96 Å². The Kier molecular flexibility index (Phi) is 5.19. The van der Waals surface area contributed by atoms with Gasteiger partial charge in [0.2, 0.25) is 0 Å². The van der Waals surface area contributed by atoms with Gasteiger partial charge in [0.05, 0.1) is 6.10 Å². The van der Waals surface area contributed by atoms with Crippen LogP contribution >= 0.6 is 0 Å². The SMILES string of the molecule is CN=C(NCC1(N2CCCC2)CCOCC1)NC1C2CCOC2C1(C)C. The highest BCUT2D eigenvalue weighted by Gasteiger charge is 2.59. The van der Waals surface area contributed by atoms with Crippen molar-refractivity contribution in [2.75, 3.05) is 46.5 Å². The van der Waals surface area contributed by atoms with Crippen LogP contribution in [-0.2, 0) is 9.47 Å². The summed E-state index contributed by atoms with van der Waals surface area (Å²) in [5, 5.41) is 7.40. The maximum absolute atomic E-state index is 5.93. The van der Waals surface area contributed by atoms with Crippen molar-refractivity contribution in [1.29, 1.82) is 0 Å². The molecule has 0 spiro atoms. The number of hydrogen-bond donors (Lipinski definition) is 2. The van der Waals surface area contributed by atoms with E-state index in [0.717, 1.165) is 51.6 Å². The van der Waals surface area contributed by atoms with Crippen LogP contribution in [0.25, 0.3) is 0 Å². The predicted molar refractivity (Wildman–Crippen MR) is 104 cm³/mol. The molecule has 3 unspecified atom stereocenters. The van der Waals surface area contributed by atoms with E-state index < -0.39 is 0 Å². The van der Waals surface area contributed by atoms with Crippen molar-refractivity contribution in [3.05, 3.63) is 0 Å². The number of nitrogens with one attached hydrogen (secondary N) is 2. The van der Waals surface area contributed by atoms with Gasteiger partial charge in [0, 0.05) is 56.3 Å². The average Bonchev–Trinajstić information content (AvgIpc) is 3.34. The molecule has 26 heavy (non-hydrogen) atoms. The van der Waals surface area contributed by atoms with E-state index in [1.807, 2.05) is 7.05 Å². The molecular formula is C20H36N4O2. The number of aliphatic imine (C=N–C) groups is 1. The van der Waals surface area contributed by atoms with E-state index >= 15 is 0 Å². The Hall–Kier alpha value is -0.850. The van der Waals surface area contributed by atoms with Crippen LogP contribution in [0.5, 0.6) is 0 Å². The first-order chi connectivity index (χ1) is 12.6. The van der Waals surface area contributed by atoms with Crippen LogP contribution in [0.1, 0.15) is 46.0 Å². The normalized spacial score (nSPS) is 36.4. The molecule has 3 saturated heterocycles. The molecule has 0 bridgehead atoms. The van der Waals surface area contributed by atoms with Crippen LogP contribution < -0.4 is 10.6 Å². The minimum Gasteiger partial charge on any atom is -0.381 e. The van der Waals surface area contributed by atoms with Crippen LogP contribution in [-0.4, -0.2) is 75.0 Å². The van der Waals surface area contributed by atoms with Crippen molar-refractivity contribution in [3.8, 4) is 0 Å². The number of nitrogens with zero attached hydrogens (tertiary/aromatic N) is 2. The van der Waals surface area contributed by atoms with Gasteiger partial charge in [-0.3, -0.25) is 9.89 Å². The largest absolute Gasteiger partial charge is 0.381 e. The molecule has 0 radical (unpaired) electrons. The first-order valence-electron chi connectivity index (χ1n) is 10.5. The molecule has 0 amide bonds. The summed E-state index contributed by atoms with van der Waals surface area (Å²) >= 11 is 0. The maximum atomic E-state index is 5.93. The summed E-state index contributed by atoms with van der Waals surface area (Å²) < 4.78 is 11.6. The zero-order chi connectivity index (χ0) is 18.2. The minimum absolute atomic E-state index is 0.171. The Morgan fingerprint density at radius 2 is 1.88 bits per heavy atom. The second-order valence-corrected chi connectivity index (χ2v) is 9.14. The van der Waals surface area contributed by atoms with E-state index in [-0.39, 0.29) is 11.0 Å². The number of fused-ring (bicyclic) bond motifs is 1. The molecule has 3 heterocycles. The molecule has 3 atom stereocenters. The van der Waals surface area contributed by atoms with Crippen LogP contribution in [0.2, 0.25) is 0 Å². The zero-order valence-electron chi connectivity index (χ0n) is 16.7. The van der Waals surface area contributed by atoms with Crippen LogP contribution in [0.15, 0.2) is 4.99 Å². The summed E-state index contributed by atoms with van der Waals surface area (Å²) in [6.45, 7) is 10.7. The first-order valence-corrected chi connectivity index (χ1v) is 10.5. The third-order valence-corrected chi connectivity index (χ3v) is 7.40. The van der Waals surface area contributed by atoms with Gasteiger partial charge < -0.3 is 20.1 Å². The summed E-state index contributed by atoms with van der Waals surface area (Å²) in [6, 6.07) is 0.443. The molecule has 1 aliphatic carbocycles. The second-order valence-electron chi connectivity index (χ2n) is 9.14. The molecule has 4 rings (SSSR count). The van der Waals surface area contributed by atoms with Gasteiger partial charge in [-0.1, -0.05) is 13.8 Å². The van der Waals surface area contributed by atoms with Crippen LogP contribution in [0.4, 0.5) is 0 Å². The molecule has 3 aliphatic heterocycles. The van der Waals surface area contributed by atoms with Crippen molar-refractivity contribution < 1.29 is 9.47 Å². The molecule has 2 N–H and O–H groups in total. The Morgan fingerprint density at radius 3 is 2.58 bits per heavy atom. The van der Waals surface area contributed by atoms with Gasteiger partial charge in [0.25, 0.3) is 0 Å². The van der Waals surface area contributed by atoms with E-state index in [2.05, 4.69) is 34.4 Å². The summed E-state index contributed by atoms with van der Waals surface area (Å²) in [6.07, 6.45) is 6.46. The lowest BCUT2D eigenvalue weighted by Gasteiger charge is -2.55. The van der Waals surface area contributed by atoms with Crippen molar-refractivity contribution in [1.82, 2.24) is 15.5 Å². The lowest BCUT2D eigenvalue weighted by Crippen LogP contribution is -2.68. The summed E-state index contributed by atoms with van der Waals surface area (Å²) in [5.41, 5.74) is 0.393. The molecule has 0 aromatic carbocycles. The Bertz CT molecular complexity index is 524. The molecule has 0 aromatic heterocycles. The zero-order valence-corrected chi connectivity index (χ0v) is 16.7. The number of hydrogen-bond acceptors (Lipinski definition) is 4. The molecule has 0 aromatic rings. The van der Waals surface area contributed by atoms with Crippen LogP contribution in [0, 0.1) is 11.3 Å². The van der Waals surface area contributed by atoms with E-state index in [4.69, 9.17) is 9.47 Å². The van der Waals surface area contributed by atoms with Crippen molar-refractivity contribution in [2.45, 2.75) is 63.6 Å². The van der Waals surface area contributed by atoms with Crippen molar-refractivity contribution in [2.24, 2.45) is 16.3 Å². The van der Waals surface area contributed by atoms with E-state index in [0.29, 0.717) is 18.1 Å². The Balaban J connectivity index is 1.38.